The number of hydrogen-bond acceptors (Lipinski definition) is 2. The summed E-state index contributed by atoms with van der Waals surface area (Å²) >= 11 is 0. The molecule has 0 saturated carbocycles. The molecule has 3 aromatic rings. The van der Waals surface area contributed by atoms with Crippen molar-refractivity contribution in [2.75, 3.05) is 27.2 Å². The Morgan fingerprint density at radius 2 is 1.04 bits per heavy atom. The fourth-order valence-electron chi connectivity index (χ4n) is 3.37. The minimum atomic E-state index is -0.601. The molecule has 0 saturated heterocycles. The Labute approximate surface area is 157 Å². The average Bonchev–Trinajstić information content (AvgIpc) is 2.70. The predicted octanol–water partition coefficient (Wildman–Crippen LogP) is 4.95. The van der Waals surface area contributed by atoms with E-state index in [4.69, 9.17) is 4.74 Å². The zero-order valence-electron chi connectivity index (χ0n) is 15.6. The van der Waals surface area contributed by atoms with Crippen molar-refractivity contribution in [1.29, 1.82) is 0 Å². The molecule has 134 valence electrons. The van der Waals surface area contributed by atoms with E-state index < -0.39 is 5.60 Å². The first kappa shape index (κ1) is 18.4. The predicted molar refractivity (Wildman–Crippen MR) is 108 cm³/mol. The van der Waals surface area contributed by atoms with Gasteiger partial charge in [0, 0.05) is 6.61 Å². The summed E-state index contributed by atoms with van der Waals surface area (Å²) in [4.78, 5) is 2.19. The number of nitrogens with zero attached hydrogens (tertiary/aromatic N) is 1. The van der Waals surface area contributed by atoms with Crippen LogP contribution in [0.15, 0.2) is 91.0 Å². The summed E-state index contributed by atoms with van der Waals surface area (Å²) in [6.45, 7) is 1.70. The standard InChI is InChI=1S/C24H27NO/c1-25(2)19-12-20-26-24(21-13-6-3-7-14-21,22-15-8-4-9-16-22)23-17-10-5-11-18-23/h3-11,13-18H,12,19-20H2,1-2H3. The van der Waals surface area contributed by atoms with Gasteiger partial charge in [-0.2, -0.15) is 0 Å². The van der Waals surface area contributed by atoms with Gasteiger partial charge in [-0.15, -0.1) is 0 Å². The zero-order chi connectivity index (χ0) is 18.2. The lowest BCUT2D eigenvalue weighted by Gasteiger charge is -2.36. The largest absolute Gasteiger partial charge is 0.361 e. The van der Waals surface area contributed by atoms with Crippen LogP contribution in [-0.4, -0.2) is 32.1 Å². The molecule has 2 heteroatoms. The van der Waals surface area contributed by atoms with Crippen LogP contribution in [0.5, 0.6) is 0 Å². The van der Waals surface area contributed by atoms with Gasteiger partial charge >= 0.3 is 0 Å². The van der Waals surface area contributed by atoms with Crippen molar-refractivity contribution >= 4 is 0 Å². The van der Waals surface area contributed by atoms with Crippen molar-refractivity contribution in [2.45, 2.75) is 12.0 Å². The van der Waals surface area contributed by atoms with Crippen molar-refractivity contribution < 1.29 is 4.74 Å². The van der Waals surface area contributed by atoms with Crippen LogP contribution in [0.2, 0.25) is 0 Å². The van der Waals surface area contributed by atoms with E-state index in [1.54, 1.807) is 0 Å². The van der Waals surface area contributed by atoms with Gasteiger partial charge in [0.15, 0.2) is 0 Å². The average molecular weight is 345 g/mol. The first-order valence-electron chi connectivity index (χ1n) is 9.19. The SMILES string of the molecule is CN(C)CCCOC(c1ccccc1)(c1ccccc1)c1ccccc1. The molecule has 0 bridgehead atoms. The van der Waals surface area contributed by atoms with Crippen molar-refractivity contribution in [3.8, 4) is 0 Å². The fourth-order valence-corrected chi connectivity index (χ4v) is 3.37. The maximum Gasteiger partial charge on any atom is 0.143 e. The van der Waals surface area contributed by atoms with Gasteiger partial charge in [0.05, 0.1) is 0 Å². The highest BCUT2D eigenvalue weighted by Crippen LogP contribution is 2.40. The molecule has 0 fully saturated rings. The van der Waals surface area contributed by atoms with Crippen LogP contribution in [0.25, 0.3) is 0 Å². The van der Waals surface area contributed by atoms with Crippen LogP contribution < -0.4 is 0 Å². The molecular formula is C24H27NO. The van der Waals surface area contributed by atoms with Crippen LogP contribution in [0.4, 0.5) is 0 Å². The van der Waals surface area contributed by atoms with E-state index in [0.29, 0.717) is 6.61 Å². The molecule has 0 aliphatic rings. The Morgan fingerprint density at radius 1 is 0.654 bits per heavy atom. The number of rotatable bonds is 8. The Balaban J connectivity index is 2.09. The van der Waals surface area contributed by atoms with Gasteiger partial charge in [-0.1, -0.05) is 91.0 Å². The van der Waals surface area contributed by atoms with E-state index in [9.17, 15) is 0 Å². The lowest BCUT2D eigenvalue weighted by Crippen LogP contribution is -2.33. The highest BCUT2D eigenvalue weighted by molar-refractivity contribution is 5.47. The van der Waals surface area contributed by atoms with Crippen LogP contribution in [-0.2, 0) is 10.3 Å². The molecule has 0 aromatic heterocycles. The van der Waals surface area contributed by atoms with E-state index in [0.717, 1.165) is 29.7 Å². The second kappa shape index (κ2) is 8.79. The van der Waals surface area contributed by atoms with Crippen LogP contribution in [0.3, 0.4) is 0 Å². The number of ether oxygens (including phenoxy) is 1. The highest BCUT2D eigenvalue weighted by Gasteiger charge is 2.37. The quantitative estimate of drug-likeness (QED) is 0.423. The maximum absolute atomic E-state index is 6.71. The molecule has 0 unspecified atom stereocenters. The summed E-state index contributed by atoms with van der Waals surface area (Å²) in [6.07, 6.45) is 0.987. The van der Waals surface area contributed by atoms with E-state index in [2.05, 4.69) is 110 Å². The van der Waals surface area contributed by atoms with E-state index >= 15 is 0 Å². The van der Waals surface area contributed by atoms with Crippen molar-refractivity contribution in [2.24, 2.45) is 0 Å². The highest BCUT2D eigenvalue weighted by atomic mass is 16.5. The Bertz CT molecular complexity index is 672. The third-order valence-corrected chi connectivity index (χ3v) is 4.61. The first-order valence-corrected chi connectivity index (χ1v) is 9.19. The lowest BCUT2D eigenvalue weighted by molar-refractivity contribution is 0.00940. The molecule has 0 N–H and O–H groups in total. The summed E-state index contributed by atoms with van der Waals surface area (Å²) in [7, 11) is 4.19. The molecule has 0 radical (unpaired) electrons. The number of benzene rings is 3. The molecular weight excluding hydrogens is 318 g/mol. The van der Waals surface area contributed by atoms with Gasteiger partial charge in [0.2, 0.25) is 0 Å². The molecule has 0 spiro atoms. The van der Waals surface area contributed by atoms with Gasteiger partial charge in [0.1, 0.15) is 5.60 Å². The summed E-state index contributed by atoms with van der Waals surface area (Å²) in [5.74, 6) is 0. The lowest BCUT2D eigenvalue weighted by atomic mass is 9.80. The first-order chi connectivity index (χ1) is 12.7. The summed E-state index contributed by atoms with van der Waals surface area (Å²) in [5, 5.41) is 0. The summed E-state index contributed by atoms with van der Waals surface area (Å²) in [6, 6.07) is 31.6. The minimum Gasteiger partial charge on any atom is -0.361 e. The normalized spacial score (nSPS) is 11.7. The fraction of sp³-hybridized carbons (Fsp3) is 0.250. The Morgan fingerprint density at radius 3 is 1.38 bits per heavy atom. The second-order valence-corrected chi connectivity index (χ2v) is 6.78. The number of hydrogen-bond donors (Lipinski definition) is 0. The summed E-state index contributed by atoms with van der Waals surface area (Å²) in [5.41, 5.74) is 2.86. The van der Waals surface area contributed by atoms with Crippen molar-refractivity contribution in [1.82, 2.24) is 4.90 Å². The van der Waals surface area contributed by atoms with Gasteiger partial charge in [-0.25, -0.2) is 0 Å². The third kappa shape index (κ3) is 4.04. The second-order valence-electron chi connectivity index (χ2n) is 6.78. The van der Waals surface area contributed by atoms with E-state index in [-0.39, 0.29) is 0 Å². The van der Waals surface area contributed by atoms with Crippen molar-refractivity contribution in [3.63, 3.8) is 0 Å². The van der Waals surface area contributed by atoms with Crippen LogP contribution in [0, 0.1) is 0 Å². The molecule has 26 heavy (non-hydrogen) atoms. The molecule has 0 aliphatic carbocycles. The van der Waals surface area contributed by atoms with Gasteiger partial charge < -0.3 is 9.64 Å². The van der Waals surface area contributed by atoms with E-state index in [1.807, 2.05) is 0 Å². The Hall–Kier alpha value is -2.42. The summed E-state index contributed by atoms with van der Waals surface area (Å²) < 4.78 is 6.71. The minimum absolute atomic E-state index is 0.601. The van der Waals surface area contributed by atoms with Crippen LogP contribution >= 0.6 is 0 Å². The van der Waals surface area contributed by atoms with Crippen molar-refractivity contribution in [3.05, 3.63) is 108 Å². The third-order valence-electron chi connectivity index (χ3n) is 4.61. The maximum atomic E-state index is 6.71. The molecule has 3 rings (SSSR count). The molecule has 0 aliphatic heterocycles. The molecule has 2 nitrogen and oxygen atoms in total. The topological polar surface area (TPSA) is 12.5 Å². The van der Waals surface area contributed by atoms with Gasteiger partial charge in [0.25, 0.3) is 0 Å². The molecule has 0 amide bonds. The smallest absolute Gasteiger partial charge is 0.143 e. The molecule has 0 heterocycles. The molecule has 0 atom stereocenters. The van der Waals surface area contributed by atoms with E-state index in [1.165, 1.54) is 0 Å². The Kier molecular flexibility index (Phi) is 6.21. The molecule has 3 aromatic carbocycles. The van der Waals surface area contributed by atoms with Gasteiger partial charge in [-0.05, 0) is 43.8 Å². The van der Waals surface area contributed by atoms with Gasteiger partial charge in [-0.3, -0.25) is 0 Å². The monoisotopic (exact) mass is 345 g/mol. The zero-order valence-corrected chi connectivity index (χ0v) is 15.6. The van der Waals surface area contributed by atoms with Crippen LogP contribution in [0.1, 0.15) is 23.1 Å².